The standard InChI is InChI=1S/C17H21ClN4/c1-2-11-22-16(9-5-6-10-18)17(15(12-19)21-22)13-7-3-4-8-14(13)20/h3-4,7-8H,2,5-6,9-11,20H2,1H3. The Balaban J connectivity index is 2.54. The summed E-state index contributed by atoms with van der Waals surface area (Å²) in [6.07, 6.45) is 3.75. The Morgan fingerprint density at radius 2 is 2.09 bits per heavy atom. The van der Waals surface area contributed by atoms with E-state index in [1.165, 1.54) is 0 Å². The van der Waals surface area contributed by atoms with Crippen LogP contribution in [0, 0.1) is 11.3 Å². The number of unbranched alkanes of at least 4 members (excludes halogenated alkanes) is 1. The molecule has 5 heteroatoms. The van der Waals surface area contributed by atoms with E-state index >= 15 is 0 Å². The summed E-state index contributed by atoms with van der Waals surface area (Å²) in [5.74, 6) is 0.649. The molecule has 2 aromatic rings. The molecule has 0 aliphatic carbocycles. The second-order valence-electron chi connectivity index (χ2n) is 5.24. The number of benzene rings is 1. The molecular formula is C17H21ClN4. The molecule has 1 heterocycles. The van der Waals surface area contributed by atoms with Crippen molar-refractivity contribution in [3.8, 4) is 17.2 Å². The van der Waals surface area contributed by atoms with Gasteiger partial charge < -0.3 is 5.73 Å². The Bertz CT molecular complexity index is 670. The van der Waals surface area contributed by atoms with Gasteiger partial charge in [-0.3, -0.25) is 4.68 Å². The zero-order chi connectivity index (χ0) is 15.9. The fourth-order valence-electron chi connectivity index (χ4n) is 2.62. The fraction of sp³-hybridized carbons (Fsp3) is 0.412. The summed E-state index contributed by atoms with van der Waals surface area (Å²) >= 11 is 5.79. The summed E-state index contributed by atoms with van der Waals surface area (Å²) in [4.78, 5) is 0. The number of aromatic nitrogens is 2. The molecule has 0 aliphatic rings. The van der Waals surface area contributed by atoms with Crippen molar-refractivity contribution in [3.63, 3.8) is 0 Å². The summed E-state index contributed by atoms with van der Waals surface area (Å²) in [6.45, 7) is 2.91. The number of nitrogens with two attached hydrogens (primary N) is 1. The molecular weight excluding hydrogens is 296 g/mol. The first-order valence-corrected chi connectivity index (χ1v) is 8.17. The van der Waals surface area contributed by atoms with Crippen LogP contribution in [0.4, 0.5) is 5.69 Å². The zero-order valence-electron chi connectivity index (χ0n) is 12.8. The average molecular weight is 317 g/mol. The lowest BCUT2D eigenvalue weighted by atomic mass is 9.99. The summed E-state index contributed by atoms with van der Waals surface area (Å²) in [5.41, 5.74) is 10.1. The van der Waals surface area contributed by atoms with Crippen molar-refractivity contribution in [2.24, 2.45) is 0 Å². The van der Waals surface area contributed by atoms with E-state index in [9.17, 15) is 5.26 Å². The van der Waals surface area contributed by atoms with Crippen LogP contribution in [0.15, 0.2) is 24.3 Å². The number of anilines is 1. The number of hydrogen-bond donors (Lipinski definition) is 1. The first kappa shape index (κ1) is 16.4. The molecule has 2 N–H and O–H groups in total. The van der Waals surface area contributed by atoms with Crippen LogP contribution >= 0.6 is 11.6 Å². The van der Waals surface area contributed by atoms with Crippen molar-refractivity contribution in [2.75, 3.05) is 11.6 Å². The van der Waals surface area contributed by atoms with Crippen molar-refractivity contribution in [1.82, 2.24) is 9.78 Å². The minimum absolute atomic E-state index is 0.451. The zero-order valence-corrected chi connectivity index (χ0v) is 13.6. The van der Waals surface area contributed by atoms with E-state index in [4.69, 9.17) is 17.3 Å². The minimum atomic E-state index is 0.451. The number of hydrogen-bond acceptors (Lipinski definition) is 3. The number of para-hydroxylation sites is 1. The van der Waals surface area contributed by atoms with Crippen molar-refractivity contribution >= 4 is 17.3 Å². The van der Waals surface area contributed by atoms with E-state index in [1.54, 1.807) is 0 Å². The lowest BCUT2D eigenvalue weighted by molar-refractivity contribution is 0.565. The molecule has 1 aromatic heterocycles. The Kier molecular flexibility index (Phi) is 5.85. The molecule has 116 valence electrons. The number of nitrogens with zero attached hydrogens (tertiary/aromatic N) is 3. The van der Waals surface area contributed by atoms with Crippen LogP contribution in [0.25, 0.3) is 11.1 Å². The van der Waals surface area contributed by atoms with Gasteiger partial charge in [-0.2, -0.15) is 10.4 Å². The maximum absolute atomic E-state index is 9.46. The van der Waals surface area contributed by atoms with E-state index in [2.05, 4.69) is 18.1 Å². The first-order valence-electron chi connectivity index (χ1n) is 7.63. The highest BCUT2D eigenvalue weighted by Crippen LogP contribution is 2.32. The van der Waals surface area contributed by atoms with Gasteiger partial charge in [0.2, 0.25) is 0 Å². The molecule has 0 aliphatic heterocycles. The SMILES string of the molecule is CCCn1nc(C#N)c(-c2ccccc2N)c1CCCCCl. The van der Waals surface area contributed by atoms with Crippen molar-refractivity contribution in [3.05, 3.63) is 35.7 Å². The molecule has 2 rings (SSSR count). The lowest BCUT2D eigenvalue weighted by Gasteiger charge is -2.10. The number of aryl methyl sites for hydroxylation is 1. The smallest absolute Gasteiger partial charge is 0.170 e. The van der Waals surface area contributed by atoms with Gasteiger partial charge in [-0.05, 0) is 31.7 Å². The van der Waals surface area contributed by atoms with Gasteiger partial charge in [0.05, 0.1) is 0 Å². The second-order valence-corrected chi connectivity index (χ2v) is 5.62. The molecule has 22 heavy (non-hydrogen) atoms. The first-order chi connectivity index (χ1) is 10.7. The van der Waals surface area contributed by atoms with Crippen molar-refractivity contribution in [1.29, 1.82) is 5.26 Å². The van der Waals surface area contributed by atoms with Crippen LogP contribution < -0.4 is 5.73 Å². The Morgan fingerprint density at radius 3 is 2.73 bits per heavy atom. The van der Waals surface area contributed by atoms with Gasteiger partial charge in [-0.1, -0.05) is 25.1 Å². The number of nitrogen functional groups attached to an aromatic ring is 1. The summed E-state index contributed by atoms with van der Waals surface area (Å²) in [6, 6.07) is 9.86. The van der Waals surface area contributed by atoms with E-state index in [0.717, 1.165) is 49.0 Å². The monoisotopic (exact) mass is 316 g/mol. The number of alkyl halides is 1. The van der Waals surface area contributed by atoms with Gasteiger partial charge in [0, 0.05) is 34.9 Å². The minimum Gasteiger partial charge on any atom is -0.398 e. The van der Waals surface area contributed by atoms with Crippen molar-refractivity contribution < 1.29 is 0 Å². The normalized spacial score (nSPS) is 10.6. The van der Waals surface area contributed by atoms with E-state index in [-0.39, 0.29) is 0 Å². The van der Waals surface area contributed by atoms with Gasteiger partial charge in [-0.15, -0.1) is 11.6 Å². The Hall–Kier alpha value is -1.99. The largest absolute Gasteiger partial charge is 0.398 e. The highest BCUT2D eigenvalue weighted by atomic mass is 35.5. The predicted molar refractivity (Wildman–Crippen MR) is 90.7 cm³/mol. The Labute approximate surface area is 136 Å². The molecule has 4 nitrogen and oxygen atoms in total. The van der Waals surface area contributed by atoms with Gasteiger partial charge in [-0.25, -0.2) is 0 Å². The second kappa shape index (κ2) is 7.86. The summed E-state index contributed by atoms with van der Waals surface area (Å²) in [7, 11) is 0. The van der Waals surface area contributed by atoms with Gasteiger partial charge in [0.15, 0.2) is 5.69 Å². The van der Waals surface area contributed by atoms with E-state index < -0.39 is 0 Å². The molecule has 0 bridgehead atoms. The molecule has 0 saturated heterocycles. The van der Waals surface area contributed by atoms with Gasteiger partial charge >= 0.3 is 0 Å². The quantitative estimate of drug-likeness (QED) is 0.477. The number of nitriles is 1. The topological polar surface area (TPSA) is 67.6 Å². The maximum Gasteiger partial charge on any atom is 0.170 e. The lowest BCUT2D eigenvalue weighted by Crippen LogP contribution is -2.05. The predicted octanol–water partition coefficient (Wildman–Crippen LogP) is 3.98. The highest BCUT2D eigenvalue weighted by molar-refractivity contribution is 6.17. The molecule has 0 atom stereocenters. The third-order valence-electron chi connectivity index (χ3n) is 3.63. The molecule has 0 fully saturated rings. The maximum atomic E-state index is 9.46. The molecule has 1 aromatic carbocycles. The van der Waals surface area contributed by atoms with Crippen LogP contribution in [0.3, 0.4) is 0 Å². The Morgan fingerprint density at radius 1 is 1.32 bits per heavy atom. The fourth-order valence-corrected chi connectivity index (χ4v) is 2.81. The van der Waals surface area contributed by atoms with Gasteiger partial charge in [0.1, 0.15) is 6.07 Å². The molecule has 0 radical (unpaired) electrons. The number of rotatable bonds is 7. The molecule has 0 unspecified atom stereocenters. The highest BCUT2D eigenvalue weighted by Gasteiger charge is 2.20. The summed E-state index contributed by atoms with van der Waals surface area (Å²) < 4.78 is 1.95. The van der Waals surface area contributed by atoms with Crippen LogP contribution in [0.1, 0.15) is 37.6 Å². The average Bonchev–Trinajstić information content (AvgIpc) is 2.86. The van der Waals surface area contributed by atoms with E-state index in [0.29, 0.717) is 17.3 Å². The van der Waals surface area contributed by atoms with Gasteiger partial charge in [0.25, 0.3) is 0 Å². The van der Waals surface area contributed by atoms with Crippen LogP contribution in [0.2, 0.25) is 0 Å². The molecule has 0 amide bonds. The van der Waals surface area contributed by atoms with E-state index in [1.807, 2.05) is 28.9 Å². The van der Waals surface area contributed by atoms with Crippen LogP contribution in [-0.4, -0.2) is 15.7 Å². The third-order valence-corrected chi connectivity index (χ3v) is 3.89. The summed E-state index contributed by atoms with van der Waals surface area (Å²) in [5, 5.41) is 13.9. The third kappa shape index (κ3) is 3.42. The van der Waals surface area contributed by atoms with Crippen LogP contribution in [0.5, 0.6) is 0 Å². The van der Waals surface area contributed by atoms with Crippen molar-refractivity contribution in [2.45, 2.75) is 39.2 Å². The van der Waals surface area contributed by atoms with Crippen LogP contribution in [-0.2, 0) is 13.0 Å². The number of halogens is 1. The molecule has 0 saturated carbocycles. The molecule has 0 spiro atoms.